The zero-order valence-electron chi connectivity index (χ0n) is 8.85. The van der Waals surface area contributed by atoms with E-state index in [-0.39, 0.29) is 36.8 Å². The second kappa shape index (κ2) is 8.16. The van der Waals surface area contributed by atoms with Crippen molar-refractivity contribution in [2.45, 2.75) is 12.5 Å². The number of carbonyl (C=O) groups excluding carboxylic acids is 1. The molecule has 4 nitrogen and oxygen atoms in total. The summed E-state index contributed by atoms with van der Waals surface area (Å²) >= 11 is 0. The summed E-state index contributed by atoms with van der Waals surface area (Å²) in [5.74, 6) is -2.53. The molecule has 0 unspecified atom stereocenters. The summed E-state index contributed by atoms with van der Waals surface area (Å²) in [4.78, 5) is 13.9. The first-order valence-corrected chi connectivity index (χ1v) is 4.19. The van der Waals surface area contributed by atoms with Crippen molar-refractivity contribution in [3.8, 4) is 0 Å². The Kier molecular flexibility index (Phi) is 8.83. The first-order valence-electron chi connectivity index (χ1n) is 4.19. The number of carbonyl (C=O) groups is 1. The number of aromatic nitrogens is 1. The van der Waals surface area contributed by atoms with Gasteiger partial charge >= 0.3 is 5.97 Å². The fourth-order valence-electron chi connectivity index (χ4n) is 1.06. The van der Waals surface area contributed by atoms with E-state index in [9.17, 15) is 13.6 Å². The van der Waals surface area contributed by atoms with Crippen molar-refractivity contribution < 1.29 is 18.3 Å². The van der Waals surface area contributed by atoms with Crippen LogP contribution >= 0.6 is 24.8 Å². The van der Waals surface area contributed by atoms with E-state index in [1.165, 1.54) is 13.2 Å². The van der Waals surface area contributed by atoms with Gasteiger partial charge in [0, 0.05) is 12.0 Å². The molecule has 8 heteroatoms. The van der Waals surface area contributed by atoms with Crippen LogP contribution in [0.5, 0.6) is 0 Å². The molecule has 0 aromatic carbocycles. The summed E-state index contributed by atoms with van der Waals surface area (Å²) in [5.41, 5.74) is 5.48. The minimum Gasteiger partial charge on any atom is -0.468 e. The number of pyridine rings is 1. The molecule has 0 aliphatic rings. The monoisotopic (exact) mass is 288 g/mol. The summed E-state index contributed by atoms with van der Waals surface area (Å²) in [7, 11) is 1.18. The van der Waals surface area contributed by atoms with Crippen LogP contribution in [0.4, 0.5) is 8.78 Å². The summed E-state index contributed by atoms with van der Waals surface area (Å²) in [6.07, 6.45) is -0.0776. The third-order valence-corrected chi connectivity index (χ3v) is 1.84. The first kappa shape index (κ1) is 18.4. The third kappa shape index (κ3) is 5.25. The highest BCUT2D eigenvalue weighted by molar-refractivity contribution is 5.85. The van der Waals surface area contributed by atoms with Crippen molar-refractivity contribution >= 4 is 30.8 Å². The lowest BCUT2D eigenvalue weighted by atomic mass is 10.1. The van der Waals surface area contributed by atoms with E-state index in [0.29, 0.717) is 0 Å². The SMILES string of the molecule is COC(=O)[C@H](N)Cc1ccc(F)nc1F.Cl.Cl. The Morgan fingerprint density at radius 2 is 2.06 bits per heavy atom. The minimum absolute atomic E-state index is 0. The molecule has 2 N–H and O–H groups in total. The van der Waals surface area contributed by atoms with Gasteiger partial charge in [0.2, 0.25) is 11.9 Å². The van der Waals surface area contributed by atoms with E-state index in [1.54, 1.807) is 0 Å². The van der Waals surface area contributed by atoms with E-state index in [4.69, 9.17) is 5.73 Å². The molecular weight excluding hydrogens is 277 g/mol. The van der Waals surface area contributed by atoms with E-state index >= 15 is 0 Å². The quantitative estimate of drug-likeness (QED) is 0.672. The number of hydrogen-bond acceptors (Lipinski definition) is 4. The van der Waals surface area contributed by atoms with Gasteiger partial charge in [0.05, 0.1) is 7.11 Å². The van der Waals surface area contributed by atoms with Gasteiger partial charge in [-0.15, -0.1) is 24.8 Å². The second-order valence-electron chi connectivity index (χ2n) is 2.92. The van der Waals surface area contributed by atoms with Crippen LogP contribution in [0.2, 0.25) is 0 Å². The van der Waals surface area contributed by atoms with Crippen LogP contribution in [-0.2, 0) is 16.0 Å². The van der Waals surface area contributed by atoms with Crippen LogP contribution < -0.4 is 5.73 Å². The van der Waals surface area contributed by atoms with Crippen LogP contribution in [0.15, 0.2) is 12.1 Å². The molecule has 1 aromatic heterocycles. The molecule has 0 fully saturated rings. The molecule has 17 heavy (non-hydrogen) atoms. The summed E-state index contributed by atoms with van der Waals surface area (Å²) in [5, 5.41) is 0. The molecule has 1 aromatic rings. The van der Waals surface area contributed by atoms with Gasteiger partial charge in [-0.1, -0.05) is 0 Å². The van der Waals surface area contributed by atoms with Gasteiger partial charge in [-0.3, -0.25) is 4.79 Å². The maximum atomic E-state index is 13.0. The molecule has 0 spiro atoms. The van der Waals surface area contributed by atoms with E-state index < -0.39 is 23.9 Å². The topological polar surface area (TPSA) is 65.2 Å². The van der Waals surface area contributed by atoms with Crippen molar-refractivity contribution in [2.24, 2.45) is 5.73 Å². The summed E-state index contributed by atoms with van der Waals surface area (Å²) in [6, 6.07) is 1.22. The molecule has 0 bridgehead atoms. The van der Waals surface area contributed by atoms with Crippen LogP contribution in [-0.4, -0.2) is 24.1 Å². The Bertz CT molecular complexity index is 380. The maximum absolute atomic E-state index is 13.0. The standard InChI is InChI=1S/C9H10F2N2O2.2ClH/c1-15-9(14)6(12)4-5-2-3-7(10)13-8(5)11;;/h2-3,6H,4,12H2,1H3;2*1H/t6-;;/m1../s1. The Balaban J connectivity index is 0. The van der Waals surface area contributed by atoms with E-state index in [0.717, 1.165) is 6.07 Å². The average molecular weight is 289 g/mol. The Morgan fingerprint density at radius 1 is 1.47 bits per heavy atom. The Morgan fingerprint density at radius 3 is 2.53 bits per heavy atom. The molecule has 0 aliphatic carbocycles. The smallest absolute Gasteiger partial charge is 0.322 e. The molecule has 0 aliphatic heterocycles. The number of esters is 1. The summed E-state index contributed by atoms with van der Waals surface area (Å²) in [6.45, 7) is 0. The number of methoxy groups -OCH3 is 1. The molecule has 0 amide bonds. The van der Waals surface area contributed by atoms with Crippen LogP contribution in [0.3, 0.4) is 0 Å². The number of nitrogens with two attached hydrogens (primary N) is 1. The highest BCUT2D eigenvalue weighted by atomic mass is 35.5. The molecule has 98 valence electrons. The van der Waals surface area contributed by atoms with Crippen LogP contribution in [0, 0.1) is 11.9 Å². The zero-order chi connectivity index (χ0) is 11.4. The van der Waals surface area contributed by atoms with Crippen molar-refractivity contribution in [2.75, 3.05) is 7.11 Å². The first-order chi connectivity index (χ1) is 7.04. The number of halogens is 4. The van der Waals surface area contributed by atoms with Crippen molar-refractivity contribution in [3.05, 3.63) is 29.6 Å². The van der Waals surface area contributed by atoms with Crippen molar-refractivity contribution in [3.63, 3.8) is 0 Å². The summed E-state index contributed by atoms with van der Waals surface area (Å²) < 4.78 is 29.8. The Labute approximate surface area is 109 Å². The van der Waals surface area contributed by atoms with Gasteiger partial charge < -0.3 is 10.5 Å². The van der Waals surface area contributed by atoms with Crippen molar-refractivity contribution in [1.82, 2.24) is 4.98 Å². The lowest BCUT2D eigenvalue weighted by Crippen LogP contribution is -2.34. The molecular formula is C9H12Cl2F2N2O2. The van der Waals surface area contributed by atoms with Gasteiger partial charge in [0.15, 0.2) is 0 Å². The largest absolute Gasteiger partial charge is 0.468 e. The fraction of sp³-hybridized carbons (Fsp3) is 0.333. The van der Waals surface area contributed by atoms with Gasteiger partial charge in [-0.2, -0.15) is 13.8 Å². The van der Waals surface area contributed by atoms with Gasteiger partial charge in [-0.05, 0) is 12.1 Å². The molecule has 1 rings (SSSR count). The van der Waals surface area contributed by atoms with Gasteiger partial charge in [-0.25, -0.2) is 0 Å². The fourth-order valence-corrected chi connectivity index (χ4v) is 1.06. The number of ether oxygens (including phenoxy) is 1. The predicted molar refractivity (Wildman–Crippen MR) is 62.3 cm³/mol. The zero-order valence-corrected chi connectivity index (χ0v) is 10.5. The molecule has 1 atom stereocenters. The van der Waals surface area contributed by atoms with Crippen LogP contribution in [0.25, 0.3) is 0 Å². The number of rotatable bonds is 3. The van der Waals surface area contributed by atoms with E-state index in [2.05, 4.69) is 9.72 Å². The molecule has 0 radical (unpaired) electrons. The number of hydrogen-bond donors (Lipinski definition) is 1. The number of nitrogens with zero attached hydrogens (tertiary/aromatic N) is 1. The van der Waals surface area contributed by atoms with E-state index in [1.807, 2.05) is 0 Å². The minimum atomic E-state index is -0.975. The normalized spacial score (nSPS) is 10.8. The van der Waals surface area contributed by atoms with Gasteiger partial charge in [0.1, 0.15) is 6.04 Å². The molecule has 0 saturated carbocycles. The lowest BCUT2D eigenvalue weighted by Gasteiger charge is -2.09. The molecule has 1 heterocycles. The predicted octanol–water partition coefficient (Wildman–Crippen LogP) is 1.25. The van der Waals surface area contributed by atoms with Crippen molar-refractivity contribution in [1.29, 1.82) is 0 Å². The lowest BCUT2D eigenvalue weighted by molar-refractivity contribution is -0.142. The van der Waals surface area contributed by atoms with Crippen LogP contribution in [0.1, 0.15) is 5.56 Å². The second-order valence-corrected chi connectivity index (χ2v) is 2.92. The highest BCUT2D eigenvalue weighted by Crippen LogP contribution is 2.08. The Hall–Kier alpha value is -0.980. The highest BCUT2D eigenvalue weighted by Gasteiger charge is 2.17. The third-order valence-electron chi connectivity index (χ3n) is 1.84. The molecule has 0 saturated heterocycles. The maximum Gasteiger partial charge on any atom is 0.322 e. The van der Waals surface area contributed by atoms with Gasteiger partial charge in [0.25, 0.3) is 0 Å². The average Bonchev–Trinajstić information content (AvgIpc) is 2.20.